The van der Waals surface area contributed by atoms with E-state index in [1.54, 1.807) is 12.1 Å². The number of benzene rings is 1. The Morgan fingerprint density at radius 1 is 1.56 bits per heavy atom. The lowest BCUT2D eigenvalue weighted by molar-refractivity contribution is 0.458. The topological polar surface area (TPSA) is 38.0 Å². The van der Waals surface area contributed by atoms with Gasteiger partial charge >= 0.3 is 0 Å². The molecule has 0 aromatic heterocycles. The fourth-order valence-corrected chi connectivity index (χ4v) is 2.00. The summed E-state index contributed by atoms with van der Waals surface area (Å²) in [6, 6.07) is 4.46. The predicted molar refractivity (Wildman–Crippen MR) is 73.9 cm³/mol. The van der Waals surface area contributed by atoms with E-state index in [0.29, 0.717) is 5.56 Å². The van der Waals surface area contributed by atoms with Gasteiger partial charge < -0.3 is 5.73 Å². The summed E-state index contributed by atoms with van der Waals surface area (Å²) in [4.78, 5) is 0. The first-order chi connectivity index (χ1) is 8.63. The molecule has 3 N–H and O–H groups in total. The van der Waals surface area contributed by atoms with Crippen LogP contribution in [0.5, 0.6) is 0 Å². The van der Waals surface area contributed by atoms with Crippen LogP contribution in [0.4, 0.5) is 4.39 Å². The van der Waals surface area contributed by atoms with Gasteiger partial charge in [0.2, 0.25) is 0 Å². The first-order valence-electron chi connectivity index (χ1n) is 6.00. The highest BCUT2D eigenvalue weighted by molar-refractivity contribution is 6.30. The van der Waals surface area contributed by atoms with Gasteiger partial charge in [-0.2, -0.15) is 0 Å². The van der Waals surface area contributed by atoms with Gasteiger partial charge in [-0.3, -0.25) is 5.32 Å². The molecule has 0 amide bonds. The van der Waals surface area contributed by atoms with Gasteiger partial charge in [0.1, 0.15) is 5.82 Å². The van der Waals surface area contributed by atoms with Gasteiger partial charge in [0.25, 0.3) is 0 Å². The average molecular weight is 269 g/mol. The zero-order valence-corrected chi connectivity index (χ0v) is 11.2. The van der Waals surface area contributed by atoms with Crippen LogP contribution in [-0.2, 0) is 0 Å². The Morgan fingerprint density at radius 3 is 2.83 bits per heavy atom. The number of hydrogen-bond donors (Lipinski definition) is 2. The highest BCUT2D eigenvalue weighted by atomic mass is 35.5. The molecule has 0 heterocycles. The van der Waals surface area contributed by atoms with Crippen molar-refractivity contribution in [1.82, 2.24) is 5.32 Å². The number of hydrogen-bond acceptors (Lipinski definition) is 2. The number of rotatable bonds is 6. The molecule has 0 aliphatic heterocycles. The Bertz CT molecular complexity index is 428. The Balaban J connectivity index is 2.89. The van der Waals surface area contributed by atoms with E-state index in [0.717, 1.165) is 12.8 Å². The molecular formula is C14H18ClFN2. The zero-order valence-electron chi connectivity index (χ0n) is 10.4. The summed E-state index contributed by atoms with van der Waals surface area (Å²) in [5, 5.41) is 3.28. The molecule has 0 aliphatic rings. The van der Waals surface area contributed by atoms with Crippen molar-refractivity contribution in [3.8, 4) is 12.3 Å². The maximum atomic E-state index is 13.9. The third-order valence-electron chi connectivity index (χ3n) is 2.77. The van der Waals surface area contributed by atoms with Gasteiger partial charge in [-0.25, -0.2) is 4.39 Å². The highest BCUT2D eigenvalue weighted by Crippen LogP contribution is 2.23. The van der Waals surface area contributed by atoms with Gasteiger partial charge in [0, 0.05) is 18.2 Å². The van der Waals surface area contributed by atoms with Gasteiger partial charge in [-0.1, -0.05) is 43.0 Å². The summed E-state index contributed by atoms with van der Waals surface area (Å²) in [6.45, 7) is 2.31. The normalized spacial score (nSPS) is 13.9. The SMILES string of the molecule is C#CC(CCC)NC(CN)c1cccc(Cl)c1F. The van der Waals surface area contributed by atoms with Crippen molar-refractivity contribution in [3.05, 3.63) is 34.6 Å². The highest BCUT2D eigenvalue weighted by Gasteiger charge is 2.18. The first-order valence-corrected chi connectivity index (χ1v) is 6.38. The summed E-state index contributed by atoms with van der Waals surface area (Å²) >= 11 is 5.76. The van der Waals surface area contributed by atoms with Crippen molar-refractivity contribution < 1.29 is 4.39 Å². The second kappa shape index (κ2) is 7.38. The van der Waals surface area contributed by atoms with Crippen molar-refractivity contribution in [2.24, 2.45) is 5.73 Å². The van der Waals surface area contributed by atoms with Gasteiger partial charge in [0.05, 0.1) is 11.1 Å². The average Bonchev–Trinajstić information content (AvgIpc) is 2.38. The molecule has 2 nitrogen and oxygen atoms in total. The molecule has 4 heteroatoms. The summed E-state index contributed by atoms with van der Waals surface area (Å²) in [6.07, 6.45) is 7.22. The van der Waals surface area contributed by atoms with E-state index in [2.05, 4.69) is 11.2 Å². The minimum absolute atomic E-state index is 0.0977. The van der Waals surface area contributed by atoms with Crippen molar-refractivity contribution in [3.63, 3.8) is 0 Å². The predicted octanol–water partition coefficient (Wildman–Crippen LogP) is 2.87. The standard InChI is InChI=1S/C14H18ClFN2/c1-3-6-10(4-2)18-13(9-17)11-7-5-8-12(15)14(11)16/h2,5,7-8,10,13,18H,3,6,9,17H2,1H3. The molecule has 1 aromatic carbocycles. The first kappa shape index (κ1) is 15.0. The van der Waals surface area contributed by atoms with Gasteiger partial charge in [-0.15, -0.1) is 6.42 Å². The minimum Gasteiger partial charge on any atom is -0.329 e. The van der Waals surface area contributed by atoms with Crippen LogP contribution in [0.15, 0.2) is 18.2 Å². The molecular weight excluding hydrogens is 251 g/mol. The van der Waals surface area contributed by atoms with Crippen LogP contribution in [0.25, 0.3) is 0 Å². The van der Waals surface area contributed by atoms with E-state index < -0.39 is 5.82 Å². The molecule has 0 radical (unpaired) electrons. The molecule has 2 atom stereocenters. The molecule has 1 aromatic rings. The number of nitrogens with two attached hydrogens (primary N) is 1. The van der Waals surface area contributed by atoms with Crippen molar-refractivity contribution in [1.29, 1.82) is 0 Å². The van der Waals surface area contributed by atoms with Gasteiger partial charge in [0.15, 0.2) is 0 Å². The third kappa shape index (κ3) is 3.71. The summed E-state index contributed by atoms with van der Waals surface area (Å²) in [5.74, 6) is 2.21. The van der Waals surface area contributed by atoms with Crippen molar-refractivity contribution in [2.75, 3.05) is 6.54 Å². The number of terminal acetylenes is 1. The van der Waals surface area contributed by atoms with Crippen molar-refractivity contribution in [2.45, 2.75) is 31.8 Å². The quantitative estimate of drug-likeness (QED) is 0.779. The van der Waals surface area contributed by atoms with Crippen LogP contribution in [-0.4, -0.2) is 12.6 Å². The van der Waals surface area contributed by atoms with E-state index >= 15 is 0 Å². The Hall–Kier alpha value is -1.08. The van der Waals surface area contributed by atoms with E-state index in [1.807, 2.05) is 6.92 Å². The summed E-state index contributed by atoms with van der Waals surface area (Å²) in [7, 11) is 0. The summed E-state index contributed by atoms with van der Waals surface area (Å²) in [5.41, 5.74) is 6.14. The lowest BCUT2D eigenvalue weighted by Gasteiger charge is -2.22. The second-order valence-electron chi connectivity index (χ2n) is 4.11. The summed E-state index contributed by atoms with van der Waals surface area (Å²) < 4.78 is 13.9. The Labute approximate surface area is 113 Å². The van der Waals surface area contributed by atoms with Crippen LogP contribution < -0.4 is 11.1 Å². The number of halogens is 2. The molecule has 0 saturated heterocycles. The van der Waals surface area contributed by atoms with Crippen LogP contribution in [0.2, 0.25) is 5.02 Å². The molecule has 0 fully saturated rings. The van der Waals surface area contributed by atoms with E-state index in [4.69, 9.17) is 23.8 Å². The Morgan fingerprint density at radius 2 is 2.28 bits per heavy atom. The maximum Gasteiger partial charge on any atom is 0.146 e. The van der Waals surface area contributed by atoms with E-state index in [1.165, 1.54) is 6.07 Å². The fraction of sp³-hybridized carbons (Fsp3) is 0.429. The van der Waals surface area contributed by atoms with Crippen LogP contribution in [0, 0.1) is 18.2 Å². The number of nitrogens with one attached hydrogen (secondary N) is 1. The molecule has 18 heavy (non-hydrogen) atoms. The van der Waals surface area contributed by atoms with Crippen molar-refractivity contribution >= 4 is 11.6 Å². The van der Waals surface area contributed by atoms with Gasteiger partial charge in [-0.05, 0) is 12.5 Å². The molecule has 0 bridgehead atoms. The van der Waals surface area contributed by atoms with Crippen LogP contribution in [0.1, 0.15) is 31.4 Å². The third-order valence-corrected chi connectivity index (χ3v) is 3.07. The fourth-order valence-electron chi connectivity index (χ4n) is 1.82. The largest absolute Gasteiger partial charge is 0.329 e. The maximum absolute atomic E-state index is 13.9. The molecule has 2 unspecified atom stereocenters. The monoisotopic (exact) mass is 268 g/mol. The minimum atomic E-state index is -0.436. The zero-order chi connectivity index (χ0) is 13.5. The van der Waals surface area contributed by atoms with E-state index in [9.17, 15) is 4.39 Å². The molecule has 0 saturated carbocycles. The van der Waals surface area contributed by atoms with Crippen LogP contribution >= 0.6 is 11.6 Å². The molecule has 98 valence electrons. The lowest BCUT2D eigenvalue weighted by atomic mass is 10.0. The van der Waals surface area contributed by atoms with Crippen LogP contribution in [0.3, 0.4) is 0 Å². The lowest BCUT2D eigenvalue weighted by Crippen LogP contribution is -2.36. The molecule has 0 spiro atoms. The molecule has 1 rings (SSSR count). The molecule has 0 aliphatic carbocycles. The van der Waals surface area contributed by atoms with E-state index in [-0.39, 0.29) is 23.7 Å². The smallest absolute Gasteiger partial charge is 0.146 e. The Kier molecular flexibility index (Phi) is 6.14. The second-order valence-corrected chi connectivity index (χ2v) is 4.51.